The molecule has 0 fully saturated rings. The van der Waals surface area contributed by atoms with Crippen molar-refractivity contribution in [2.45, 2.75) is 6.61 Å². The Morgan fingerprint density at radius 1 is 1.28 bits per heavy atom. The average Bonchev–Trinajstić information content (AvgIpc) is 3.06. The minimum absolute atomic E-state index is 0.0161. The maximum absolute atomic E-state index is 14.1. The van der Waals surface area contributed by atoms with Crippen molar-refractivity contribution in [2.75, 3.05) is 5.32 Å². The highest BCUT2D eigenvalue weighted by Crippen LogP contribution is 2.26. The predicted octanol–water partition coefficient (Wildman–Crippen LogP) is 3.78. The number of carbonyl (C=O) groups excluding carboxylic acids is 1. The SMILES string of the molecule is Cn1ncc(C=CC(=O)Nc2ccc(CO[PH](=O)O)cc2)c1-c1ccccc1F. The van der Waals surface area contributed by atoms with E-state index < -0.39 is 8.25 Å². The first-order valence-corrected chi connectivity index (χ1v) is 9.91. The Hall–Kier alpha value is -3.06. The molecule has 9 heteroatoms. The Kier molecular flexibility index (Phi) is 6.72. The summed E-state index contributed by atoms with van der Waals surface area (Å²) in [6.07, 6.45) is 4.48. The summed E-state index contributed by atoms with van der Waals surface area (Å²) in [4.78, 5) is 20.9. The van der Waals surface area contributed by atoms with Gasteiger partial charge in [0.2, 0.25) is 5.91 Å². The largest absolute Gasteiger partial charge is 0.326 e. The molecule has 0 saturated heterocycles. The smallest absolute Gasteiger partial charge is 0.316 e. The van der Waals surface area contributed by atoms with Crippen LogP contribution in [0.2, 0.25) is 0 Å². The fourth-order valence-corrected chi connectivity index (χ4v) is 3.03. The van der Waals surface area contributed by atoms with Gasteiger partial charge in [-0.3, -0.25) is 14.0 Å². The molecule has 1 amide bonds. The molecule has 1 atom stereocenters. The summed E-state index contributed by atoms with van der Waals surface area (Å²) in [6, 6.07) is 13.1. The van der Waals surface area contributed by atoms with Crippen LogP contribution < -0.4 is 5.32 Å². The number of benzene rings is 2. The third-order valence-corrected chi connectivity index (χ3v) is 4.49. The first-order valence-electron chi connectivity index (χ1n) is 8.64. The molecule has 0 radical (unpaired) electrons. The Bertz CT molecular complexity index is 1060. The van der Waals surface area contributed by atoms with Crippen LogP contribution in [0.5, 0.6) is 0 Å². The molecular weight excluding hydrogens is 396 g/mol. The number of nitrogens with one attached hydrogen (secondary N) is 1. The number of rotatable bonds is 7. The van der Waals surface area contributed by atoms with Gasteiger partial charge in [0.25, 0.3) is 0 Å². The molecule has 0 spiro atoms. The first-order chi connectivity index (χ1) is 13.9. The van der Waals surface area contributed by atoms with Gasteiger partial charge in [-0.1, -0.05) is 24.3 Å². The van der Waals surface area contributed by atoms with Crippen LogP contribution in [0.1, 0.15) is 11.1 Å². The monoisotopic (exact) mass is 415 g/mol. The van der Waals surface area contributed by atoms with Crippen molar-refractivity contribution in [1.82, 2.24) is 9.78 Å². The van der Waals surface area contributed by atoms with Gasteiger partial charge in [0.15, 0.2) is 0 Å². The molecule has 150 valence electrons. The second-order valence-corrected chi connectivity index (χ2v) is 6.95. The Morgan fingerprint density at radius 3 is 2.69 bits per heavy atom. The lowest BCUT2D eigenvalue weighted by molar-refractivity contribution is -0.111. The molecule has 1 aromatic heterocycles. The van der Waals surface area contributed by atoms with Crippen LogP contribution in [0.3, 0.4) is 0 Å². The molecule has 0 aliphatic heterocycles. The Balaban J connectivity index is 1.69. The van der Waals surface area contributed by atoms with Crippen molar-refractivity contribution >= 4 is 25.9 Å². The van der Waals surface area contributed by atoms with E-state index in [0.717, 1.165) is 0 Å². The van der Waals surface area contributed by atoms with Crippen LogP contribution in [0, 0.1) is 5.82 Å². The Morgan fingerprint density at radius 2 is 2.00 bits per heavy atom. The van der Waals surface area contributed by atoms with E-state index in [9.17, 15) is 13.8 Å². The van der Waals surface area contributed by atoms with Gasteiger partial charge in [0.05, 0.1) is 18.5 Å². The number of halogens is 1. The quantitative estimate of drug-likeness (QED) is 0.453. The lowest BCUT2D eigenvalue weighted by atomic mass is 10.1. The molecule has 2 aromatic carbocycles. The molecule has 0 aliphatic carbocycles. The zero-order valence-corrected chi connectivity index (χ0v) is 16.5. The van der Waals surface area contributed by atoms with E-state index >= 15 is 0 Å². The molecule has 7 nitrogen and oxygen atoms in total. The molecule has 3 aromatic rings. The second kappa shape index (κ2) is 9.43. The number of hydrogen-bond acceptors (Lipinski definition) is 4. The van der Waals surface area contributed by atoms with Crippen molar-refractivity contribution in [3.8, 4) is 11.3 Å². The second-order valence-electron chi connectivity index (χ2n) is 6.13. The highest BCUT2D eigenvalue weighted by molar-refractivity contribution is 7.32. The van der Waals surface area contributed by atoms with E-state index in [0.29, 0.717) is 28.1 Å². The van der Waals surface area contributed by atoms with Gasteiger partial charge in [-0.05, 0) is 35.9 Å². The van der Waals surface area contributed by atoms with Gasteiger partial charge in [0, 0.05) is 29.9 Å². The summed E-state index contributed by atoms with van der Waals surface area (Å²) < 4.78 is 30.9. The van der Waals surface area contributed by atoms with Gasteiger partial charge >= 0.3 is 8.25 Å². The lowest BCUT2D eigenvalue weighted by Gasteiger charge is -2.06. The molecular formula is C20H19FN3O4P. The fraction of sp³-hybridized carbons (Fsp3) is 0.100. The number of anilines is 1. The summed E-state index contributed by atoms with van der Waals surface area (Å²) in [5, 5.41) is 6.86. The third kappa shape index (κ3) is 5.48. The molecule has 1 unspecified atom stereocenters. The summed E-state index contributed by atoms with van der Waals surface area (Å²) in [7, 11) is -1.27. The van der Waals surface area contributed by atoms with E-state index in [1.165, 1.54) is 12.1 Å². The molecule has 0 bridgehead atoms. The zero-order chi connectivity index (χ0) is 20.8. The van der Waals surface area contributed by atoms with Crippen LogP contribution in [0.25, 0.3) is 17.3 Å². The van der Waals surface area contributed by atoms with Crippen molar-refractivity contribution < 1.29 is 23.2 Å². The van der Waals surface area contributed by atoms with Gasteiger partial charge in [-0.15, -0.1) is 0 Å². The van der Waals surface area contributed by atoms with Gasteiger partial charge in [-0.25, -0.2) is 4.39 Å². The molecule has 29 heavy (non-hydrogen) atoms. The fourth-order valence-electron chi connectivity index (χ4n) is 2.74. The maximum Gasteiger partial charge on any atom is 0.316 e. The zero-order valence-electron chi connectivity index (χ0n) is 15.5. The van der Waals surface area contributed by atoms with E-state index in [2.05, 4.69) is 14.9 Å². The molecule has 0 aliphatic rings. The third-order valence-electron chi connectivity index (χ3n) is 4.09. The van der Waals surface area contributed by atoms with E-state index in [1.54, 1.807) is 66.5 Å². The number of aryl methyl sites for hydroxylation is 1. The average molecular weight is 415 g/mol. The van der Waals surface area contributed by atoms with Crippen LogP contribution in [0.4, 0.5) is 10.1 Å². The number of hydrogen-bond donors (Lipinski definition) is 2. The van der Waals surface area contributed by atoms with Crippen LogP contribution in [0.15, 0.2) is 60.8 Å². The van der Waals surface area contributed by atoms with Crippen molar-refractivity contribution in [1.29, 1.82) is 0 Å². The van der Waals surface area contributed by atoms with Crippen LogP contribution >= 0.6 is 8.25 Å². The molecule has 3 rings (SSSR count). The molecule has 0 saturated carbocycles. The highest BCUT2D eigenvalue weighted by Gasteiger charge is 2.13. The summed E-state index contributed by atoms with van der Waals surface area (Å²) in [5.41, 5.74) is 2.84. The Labute approximate surface area is 167 Å². The number of aromatic nitrogens is 2. The highest BCUT2D eigenvalue weighted by atomic mass is 31.1. The molecule has 1 heterocycles. The predicted molar refractivity (Wildman–Crippen MR) is 109 cm³/mol. The van der Waals surface area contributed by atoms with E-state index in [1.807, 2.05) is 0 Å². The van der Waals surface area contributed by atoms with Crippen LogP contribution in [-0.2, 0) is 27.5 Å². The van der Waals surface area contributed by atoms with Crippen molar-refractivity contribution in [2.24, 2.45) is 7.05 Å². The summed E-state index contributed by atoms with van der Waals surface area (Å²) in [5.74, 6) is -0.733. The van der Waals surface area contributed by atoms with Gasteiger partial charge in [-0.2, -0.15) is 5.10 Å². The topological polar surface area (TPSA) is 93.5 Å². The summed E-state index contributed by atoms with van der Waals surface area (Å²) >= 11 is 0. The standard InChI is InChI=1S/C20H19FN3O4P/c1-24-20(17-4-2-3-5-18(17)21)15(12-22-24)8-11-19(25)23-16-9-6-14(7-10-16)13-28-29(26)27/h2-12,29H,13H2,1H3,(H,23,25)(H,26,27). The molecule has 2 N–H and O–H groups in total. The normalized spacial score (nSPS) is 12.2. The van der Waals surface area contributed by atoms with E-state index in [4.69, 9.17) is 4.89 Å². The van der Waals surface area contributed by atoms with Gasteiger partial charge in [0.1, 0.15) is 5.82 Å². The number of nitrogens with zero attached hydrogens (tertiary/aromatic N) is 2. The minimum Gasteiger partial charge on any atom is -0.326 e. The van der Waals surface area contributed by atoms with Crippen molar-refractivity contribution in [3.63, 3.8) is 0 Å². The lowest BCUT2D eigenvalue weighted by Crippen LogP contribution is -2.07. The van der Waals surface area contributed by atoms with Gasteiger partial charge < -0.3 is 14.7 Å². The number of carbonyl (C=O) groups is 1. The maximum atomic E-state index is 14.1. The summed E-state index contributed by atoms with van der Waals surface area (Å²) in [6.45, 7) is 0.0161. The van der Waals surface area contributed by atoms with Crippen molar-refractivity contribution in [3.05, 3.63) is 77.7 Å². The first kappa shape index (κ1) is 20.7. The van der Waals surface area contributed by atoms with Crippen LogP contribution in [-0.4, -0.2) is 20.6 Å². The number of amides is 1. The van der Waals surface area contributed by atoms with E-state index in [-0.39, 0.29) is 18.3 Å². The minimum atomic E-state index is -2.98.